The maximum Gasteiger partial charge on any atom is 0.132 e. The molecule has 0 unspecified atom stereocenters. The van der Waals surface area contributed by atoms with Crippen LogP contribution in [0.15, 0.2) is 48.8 Å². The van der Waals surface area contributed by atoms with Gasteiger partial charge in [0.1, 0.15) is 5.82 Å². The zero-order valence-electron chi connectivity index (χ0n) is 11.3. The average Bonchev–Trinajstić information content (AvgIpc) is 3.27. The number of pyridine rings is 1. The molecule has 2 atom stereocenters. The highest BCUT2D eigenvalue weighted by Gasteiger charge is 2.41. The molecule has 1 aromatic carbocycles. The topological polar surface area (TPSA) is 38.7 Å². The lowest BCUT2D eigenvalue weighted by molar-refractivity contribution is 0.877. The van der Waals surface area contributed by atoms with E-state index in [0.717, 1.165) is 23.5 Å². The quantitative estimate of drug-likeness (QED) is 0.707. The van der Waals surface area contributed by atoms with Crippen LogP contribution in [0.25, 0.3) is 10.9 Å². The summed E-state index contributed by atoms with van der Waals surface area (Å²) in [4.78, 5) is 13.5. The number of fused-ring (bicyclic) bond motifs is 1. The zero-order chi connectivity index (χ0) is 13.5. The zero-order valence-corrected chi connectivity index (χ0v) is 11.3. The lowest BCUT2D eigenvalue weighted by Crippen LogP contribution is -1.95. The van der Waals surface area contributed by atoms with Crippen LogP contribution in [-0.2, 0) is 0 Å². The van der Waals surface area contributed by atoms with Crippen molar-refractivity contribution in [3.63, 3.8) is 0 Å². The summed E-state index contributed by atoms with van der Waals surface area (Å²) in [5.74, 6) is 1.95. The van der Waals surface area contributed by atoms with Crippen molar-refractivity contribution in [2.75, 3.05) is 0 Å². The van der Waals surface area contributed by atoms with Crippen LogP contribution in [0, 0.1) is 6.92 Å². The minimum Gasteiger partial charge on any atom is -0.256 e. The van der Waals surface area contributed by atoms with E-state index in [1.54, 1.807) is 0 Å². The number of aryl methyl sites for hydroxylation is 1. The van der Waals surface area contributed by atoms with Gasteiger partial charge < -0.3 is 0 Å². The summed E-state index contributed by atoms with van der Waals surface area (Å²) in [6, 6.07) is 12.4. The van der Waals surface area contributed by atoms with E-state index < -0.39 is 0 Å². The van der Waals surface area contributed by atoms with Crippen LogP contribution in [0.5, 0.6) is 0 Å². The van der Waals surface area contributed by atoms with Gasteiger partial charge in [-0.05, 0) is 43.0 Å². The molecule has 0 amide bonds. The van der Waals surface area contributed by atoms with Crippen LogP contribution in [-0.4, -0.2) is 15.0 Å². The number of hydrogen-bond acceptors (Lipinski definition) is 3. The molecular formula is C17H15N3. The number of nitrogens with zero attached hydrogens (tertiary/aromatic N) is 3. The van der Waals surface area contributed by atoms with Gasteiger partial charge >= 0.3 is 0 Å². The summed E-state index contributed by atoms with van der Waals surface area (Å²) in [5, 5.41) is 1.21. The van der Waals surface area contributed by atoms with Gasteiger partial charge in [-0.15, -0.1) is 0 Å². The Morgan fingerprint density at radius 2 is 1.95 bits per heavy atom. The van der Waals surface area contributed by atoms with E-state index >= 15 is 0 Å². The van der Waals surface area contributed by atoms with E-state index in [4.69, 9.17) is 0 Å². The predicted molar refractivity (Wildman–Crippen MR) is 78.6 cm³/mol. The molecule has 3 heteroatoms. The fourth-order valence-corrected chi connectivity index (χ4v) is 2.79. The van der Waals surface area contributed by atoms with Crippen molar-refractivity contribution in [1.82, 2.24) is 15.0 Å². The van der Waals surface area contributed by atoms with Gasteiger partial charge in [0.15, 0.2) is 0 Å². The molecule has 3 aromatic rings. The SMILES string of the molecule is Cc1ccnc([C@H]2C[C@@H]2c2cnc3ccccc3c2)n1. The number of aromatic nitrogens is 3. The Kier molecular flexibility index (Phi) is 2.52. The number of benzene rings is 1. The van der Waals surface area contributed by atoms with Gasteiger partial charge in [-0.1, -0.05) is 18.2 Å². The molecule has 1 aliphatic carbocycles. The van der Waals surface area contributed by atoms with Crippen molar-refractivity contribution in [2.45, 2.75) is 25.2 Å². The summed E-state index contributed by atoms with van der Waals surface area (Å²) >= 11 is 0. The normalized spacial score (nSPS) is 21.1. The van der Waals surface area contributed by atoms with Crippen LogP contribution in [0.2, 0.25) is 0 Å². The van der Waals surface area contributed by atoms with Crippen LogP contribution in [0.3, 0.4) is 0 Å². The van der Waals surface area contributed by atoms with Crippen LogP contribution >= 0.6 is 0 Å². The number of rotatable bonds is 2. The Labute approximate surface area is 117 Å². The molecule has 0 saturated heterocycles. The van der Waals surface area contributed by atoms with E-state index in [0.29, 0.717) is 11.8 Å². The van der Waals surface area contributed by atoms with Crippen molar-refractivity contribution >= 4 is 10.9 Å². The molecule has 4 rings (SSSR count). The molecule has 0 bridgehead atoms. The Hall–Kier alpha value is -2.29. The number of para-hydroxylation sites is 1. The molecule has 0 N–H and O–H groups in total. The summed E-state index contributed by atoms with van der Waals surface area (Å²) in [6.45, 7) is 2.01. The fraction of sp³-hybridized carbons (Fsp3) is 0.235. The summed E-state index contributed by atoms with van der Waals surface area (Å²) in [7, 11) is 0. The molecule has 0 aliphatic heterocycles. The molecule has 3 nitrogen and oxygen atoms in total. The van der Waals surface area contributed by atoms with Crippen LogP contribution < -0.4 is 0 Å². The maximum absolute atomic E-state index is 4.55. The second-order valence-electron chi connectivity index (χ2n) is 5.47. The average molecular weight is 261 g/mol. The maximum atomic E-state index is 4.55. The van der Waals surface area contributed by atoms with Gasteiger partial charge in [0.05, 0.1) is 5.52 Å². The largest absolute Gasteiger partial charge is 0.256 e. The van der Waals surface area contributed by atoms with Gasteiger partial charge in [0.25, 0.3) is 0 Å². The molecular weight excluding hydrogens is 246 g/mol. The van der Waals surface area contributed by atoms with E-state index in [1.807, 2.05) is 37.5 Å². The minimum absolute atomic E-state index is 0.456. The molecule has 0 radical (unpaired) electrons. The Bertz CT molecular complexity index is 782. The van der Waals surface area contributed by atoms with Crippen molar-refractivity contribution in [1.29, 1.82) is 0 Å². The van der Waals surface area contributed by atoms with Crippen molar-refractivity contribution in [3.8, 4) is 0 Å². The first-order valence-electron chi connectivity index (χ1n) is 6.95. The highest BCUT2D eigenvalue weighted by Crippen LogP contribution is 2.53. The molecule has 1 aliphatic rings. The molecule has 2 heterocycles. The molecule has 1 fully saturated rings. The third-order valence-electron chi connectivity index (χ3n) is 3.98. The predicted octanol–water partition coefficient (Wildman–Crippen LogP) is 3.60. The molecule has 2 aromatic heterocycles. The van der Waals surface area contributed by atoms with E-state index in [1.165, 1.54) is 10.9 Å². The first-order valence-corrected chi connectivity index (χ1v) is 6.95. The van der Waals surface area contributed by atoms with Gasteiger partial charge in [0.2, 0.25) is 0 Å². The van der Waals surface area contributed by atoms with Crippen molar-refractivity contribution in [2.24, 2.45) is 0 Å². The Balaban J connectivity index is 1.65. The monoisotopic (exact) mass is 261 g/mol. The third kappa shape index (κ3) is 1.95. The molecule has 98 valence electrons. The summed E-state index contributed by atoms with van der Waals surface area (Å²) in [5.41, 5.74) is 3.40. The summed E-state index contributed by atoms with van der Waals surface area (Å²) in [6.07, 6.45) is 4.98. The molecule has 0 spiro atoms. The van der Waals surface area contributed by atoms with E-state index in [-0.39, 0.29) is 0 Å². The fourth-order valence-electron chi connectivity index (χ4n) is 2.79. The number of hydrogen-bond donors (Lipinski definition) is 0. The first-order chi connectivity index (χ1) is 9.81. The van der Waals surface area contributed by atoms with E-state index in [9.17, 15) is 0 Å². The molecule has 1 saturated carbocycles. The molecule has 20 heavy (non-hydrogen) atoms. The van der Waals surface area contributed by atoms with Crippen LogP contribution in [0.1, 0.15) is 35.3 Å². The lowest BCUT2D eigenvalue weighted by atomic mass is 10.1. The van der Waals surface area contributed by atoms with E-state index in [2.05, 4.69) is 33.2 Å². The van der Waals surface area contributed by atoms with Gasteiger partial charge in [0, 0.05) is 29.4 Å². The lowest BCUT2D eigenvalue weighted by Gasteiger charge is -2.03. The Morgan fingerprint density at radius 1 is 1.05 bits per heavy atom. The highest BCUT2D eigenvalue weighted by atomic mass is 14.9. The Morgan fingerprint density at radius 3 is 2.85 bits per heavy atom. The van der Waals surface area contributed by atoms with Crippen molar-refractivity contribution in [3.05, 3.63) is 65.9 Å². The highest BCUT2D eigenvalue weighted by molar-refractivity contribution is 5.79. The third-order valence-corrected chi connectivity index (χ3v) is 3.98. The second kappa shape index (κ2) is 4.37. The van der Waals surface area contributed by atoms with Gasteiger partial charge in [-0.3, -0.25) is 4.98 Å². The van der Waals surface area contributed by atoms with Gasteiger partial charge in [-0.25, -0.2) is 9.97 Å². The van der Waals surface area contributed by atoms with Crippen LogP contribution in [0.4, 0.5) is 0 Å². The smallest absolute Gasteiger partial charge is 0.132 e. The minimum atomic E-state index is 0.456. The van der Waals surface area contributed by atoms with Crippen molar-refractivity contribution < 1.29 is 0 Å². The van der Waals surface area contributed by atoms with Gasteiger partial charge in [-0.2, -0.15) is 0 Å². The second-order valence-corrected chi connectivity index (χ2v) is 5.47. The first kappa shape index (κ1) is 11.5. The standard InChI is InChI=1S/C17H15N3/c1-11-6-7-18-17(20-11)15-9-14(15)13-8-12-4-2-3-5-16(12)19-10-13/h2-8,10,14-15H,9H2,1H3/t14-,15+/m1/s1. The summed E-state index contributed by atoms with van der Waals surface area (Å²) < 4.78 is 0.